The van der Waals surface area contributed by atoms with Gasteiger partial charge < -0.3 is 10.2 Å². The molecule has 2 aromatic rings. The summed E-state index contributed by atoms with van der Waals surface area (Å²) in [5, 5.41) is 2.81. The van der Waals surface area contributed by atoms with Gasteiger partial charge in [0.1, 0.15) is 6.54 Å². The molecule has 0 aliphatic heterocycles. The number of rotatable bonds is 4. The molecule has 0 spiro atoms. The Bertz CT molecular complexity index is 700. The number of nitrogens with one attached hydrogen (secondary N) is 1. The van der Waals surface area contributed by atoms with Crippen LogP contribution in [0.25, 0.3) is 0 Å². The van der Waals surface area contributed by atoms with Crippen LogP contribution in [0.5, 0.6) is 0 Å². The van der Waals surface area contributed by atoms with Gasteiger partial charge in [-0.2, -0.15) is 0 Å². The molecule has 2 aromatic carbocycles. The molecule has 0 unspecified atom stereocenters. The first-order valence-corrected chi connectivity index (χ1v) is 7.59. The Hall–Kier alpha value is -2.62. The van der Waals surface area contributed by atoms with E-state index in [0.29, 0.717) is 0 Å². The van der Waals surface area contributed by atoms with E-state index in [1.54, 1.807) is 0 Å². The van der Waals surface area contributed by atoms with Gasteiger partial charge in [-0.25, -0.2) is 0 Å². The van der Waals surface area contributed by atoms with Crippen molar-refractivity contribution in [3.8, 4) is 0 Å². The number of carbonyl (C=O) groups excluding carboxylic acids is 2. The van der Waals surface area contributed by atoms with Crippen LogP contribution in [0.1, 0.15) is 23.6 Å². The van der Waals surface area contributed by atoms with Gasteiger partial charge in [0.05, 0.1) is 5.69 Å². The zero-order chi connectivity index (χ0) is 17.0. The number of benzene rings is 2. The van der Waals surface area contributed by atoms with E-state index in [-0.39, 0.29) is 18.4 Å². The minimum absolute atomic E-state index is 0.00499. The van der Waals surface area contributed by atoms with E-state index >= 15 is 0 Å². The van der Waals surface area contributed by atoms with Crippen molar-refractivity contribution in [2.24, 2.45) is 0 Å². The summed E-state index contributed by atoms with van der Waals surface area (Å²) < 4.78 is 0. The Morgan fingerprint density at radius 1 is 1.00 bits per heavy atom. The number of nitrogens with zero attached hydrogens (tertiary/aromatic N) is 1. The van der Waals surface area contributed by atoms with Crippen molar-refractivity contribution >= 4 is 23.2 Å². The molecular weight excluding hydrogens is 288 g/mol. The van der Waals surface area contributed by atoms with Crippen molar-refractivity contribution in [3.63, 3.8) is 0 Å². The molecule has 0 aliphatic rings. The van der Waals surface area contributed by atoms with Crippen LogP contribution in [0.2, 0.25) is 0 Å². The molecule has 0 radical (unpaired) electrons. The van der Waals surface area contributed by atoms with E-state index in [9.17, 15) is 9.59 Å². The van der Waals surface area contributed by atoms with Gasteiger partial charge >= 0.3 is 0 Å². The number of anilines is 2. The average molecular weight is 310 g/mol. The molecule has 4 nitrogen and oxygen atoms in total. The molecule has 0 saturated carbocycles. The van der Waals surface area contributed by atoms with E-state index < -0.39 is 0 Å². The molecule has 23 heavy (non-hydrogen) atoms. The first-order chi connectivity index (χ1) is 10.9. The van der Waals surface area contributed by atoms with Crippen LogP contribution in [-0.2, 0) is 9.59 Å². The third-order valence-electron chi connectivity index (χ3n) is 3.64. The Balaban J connectivity index is 2.23. The summed E-state index contributed by atoms with van der Waals surface area (Å²) in [6.07, 6.45) is 0. The number of carbonyl (C=O) groups is 2. The molecule has 0 atom stereocenters. The standard InChI is InChI=1S/C19H22N2O2/c1-13-10-14(2)19(15(3)11-13)21(16(4)22)12-18(23)20-17-8-6-5-7-9-17/h5-11H,12H2,1-4H3,(H,20,23). The largest absolute Gasteiger partial charge is 0.325 e. The first kappa shape index (κ1) is 16.7. The molecule has 0 aliphatic carbocycles. The SMILES string of the molecule is CC(=O)N(CC(=O)Nc1ccccc1)c1c(C)cc(C)cc1C. The number of hydrogen-bond acceptors (Lipinski definition) is 2. The van der Waals surface area contributed by atoms with Gasteiger partial charge in [-0.15, -0.1) is 0 Å². The Morgan fingerprint density at radius 3 is 2.09 bits per heavy atom. The molecule has 4 heteroatoms. The smallest absolute Gasteiger partial charge is 0.244 e. The highest BCUT2D eigenvalue weighted by Crippen LogP contribution is 2.26. The predicted octanol–water partition coefficient (Wildman–Crippen LogP) is 3.60. The summed E-state index contributed by atoms with van der Waals surface area (Å²) in [5.41, 5.74) is 4.65. The summed E-state index contributed by atoms with van der Waals surface area (Å²) in [7, 11) is 0. The van der Waals surface area contributed by atoms with E-state index in [1.807, 2.05) is 63.2 Å². The maximum Gasteiger partial charge on any atom is 0.244 e. The van der Waals surface area contributed by atoms with Crippen LogP contribution in [0.4, 0.5) is 11.4 Å². The van der Waals surface area contributed by atoms with Gasteiger partial charge in [0, 0.05) is 12.6 Å². The van der Waals surface area contributed by atoms with Gasteiger partial charge in [-0.05, 0) is 44.0 Å². The normalized spacial score (nSPS) is 10.3. The second kappa shape index (κ2) is 7.09. The summed E-state index contributed by atoms with van der Waals surface area (Å²) in [6, 6.07) is 13.3. The quantitative estimate of drug-likeness (QED) is 0.938. The molecule has 0 bridgehead atoms. The molecule has 120 valence electrons. The van der Waals surface area contributed by atoms with Gasteiger partial charge in [0.2, 0.25) is 11.8 Å². The van der Waals surface area contributed by atoms with Crippen molar-refractivity contribution in [2.75, 3.05) is 16.8 Å². The van der Waals surface area contributed by atoms with Crippen LogP contribution in [0, 0.1) is 20.8 Å². The van der Waals surface area contributed by atoms with Crippen molar-refractivity contribution in [3.05, 3.63) is 59.2 Å². The highest BCUT2D eigenvalue weighted by atomic mass is 16.2. The Kier molecular flexibility index (Phi) is 5.16. The fraction of sp³-hybridized carbons (Fsp3) is 0.263. The molecule has 0 aromatic heterocycles. The van der Waals surface area contributed by atoms with E-state index in [0.717, 1.165) is 28.1 Å². The third-order valence-corrected chi connectivity index (χ3v) is 3.64. The molecule has 0 fully saturated rings. The van der Waals surface area contributed by atoms with Crippen LogP contribution >= 0.6 is 0 Å². The fourth-order valence-electron chi connectivity index (χ4n) is 2.81. The molecule has 0 saturated heterocycles. The van der Waals surface area contributed by atoms with Crippen LogP contribution in [0.3, 0.4) is 0 Å². The summed E-state index contributed by atoms with van der Waals surface area (Å²) in [5.74, 6) is -0.367. The lowest BCUT2D eigenvalue weighted by molar-refractivity contribution is -0.120. The highest BCUT2D eigenvalue weighted by molar-refractivity contribution is 6.02. The maximum absolute atomic E-state index is 12.3. The lowest BCUT2D eigenvalue weighted by atomic mass is 10.0. The average Bonchev–Trinajstić information content (AvgIpc) is 2.46. The van der Waals surface area contributed by atoms with E-state index in [2.05, 4.69) is 5.32 Å². The van der Waals surface area contributed by atoms with Gasteiger partial charge in [0.25, 0.3) is 0 Å². The predicted molar refractivity (Wildman–Crippen MR) is 93.8 cm³/mol. The minimum Gasteiger partial charge on any atom is -0.325 e. The topological polar surface area (TPSA) is 49.4 Å². The molecule has 2 amide bonds. The molecule has 0 heterocycles. The summed E-state index contributed by atoms with van der Waals surface area (Å²) in [6.45, 7) is 7.41. The van der Waals surface area contributed by atoms with Crippen molar-refractivity contribution < 1.29 is 9.59 Å². The van der Waals surface area contributed by atoms with E-state index in [1.165, 1.54) is 11.8 Å². The zero-order valence-electron chi connectivity index (χ0n) is 14.0. The summed E-state index contributed by atoms with van der Waals surface area (Å²) in [4.78, 5) is 25.9. The second-order valence-corrected chi connectivity index (χ2v) is 5.77. The third kappa shape index (κ3) is 4.19. The Labute approximate surface area is 137 Å². The minimum atomic E-state index is -0.217. The number of amides is 2. The van der Waals surface area contributed by atoms with Crippen LogP contribution in [-0.4, -0.2) is 18.4 Å². The monoisotopic (exact) mass is 310 g/mol. The van der Waals surface area contributed by atoms with Crippen molar-refractivity contribution in [1.29, 1.82) is 0 Å². The number of hydrogen-bond donors (Lipinski definition) is 1. The molecule has 1 N–H and O–H groups in total. The fourth-order valence-corrected chi connectivity index (χ4v) is 2.81. The number of aryl methyl sites for hydroxylation is 3. The first-order valence-electron chi connectivity index (χ1n) is 7.59. The van der Waals surface area contributed by atoms with Gasteiger partial charge in [-0.3, -0.25) is 9.59 Å². The van der Waals surface area contributed by atoms with E-state index in [4.69, 9.17) is 0 Å². The maximum atomic E-state index is 12.3. The van der Waals surface area contributed by atoms with Crippen molar-refractivity contribution in [1.82, 2.24) is 0 Å². The highest BCUT2D eigenvalue weighted by Gasteiger charge is 2.19. The van der Waals surface area contributed by atoms with Crippen molar-refractivity contribution in [2.45, 2.75) is 27.7 Å². The van der Waals surface area contributed by atoms with Gasteiger partial charge in [-0.1, -0.05) is 35.9 Å². The zero-order valence-corrected chi connectivity index (χ0v) is 14.0. The Morgan fingerprint density at radius 2 is 1.57 bits per heavy atom. The summed E-state index contributed by atoms with van der Waals surface area (Å²) >= 11 is 0. The number of para-hydroxylation sites is 1. The molecular formula is C19H22N2O2. The van der Waals surface area contributed by atoms with Crippen LogP contribution < -0.4 is 10.2 Å². The van der Waals surface area contributed by atoms with Crippen LogP contribution in [0.15, 0.2) is 42.5 Å². The lowest BCUT2D eigenvalue weighted by Crippen LogP contribution is -2.37. The molecule has 2 rings (SSSR count). The van der Waals surface area contributed by atoms with Gasteiger partial charge in [0.15, 0.2) is 0 Å². The lowest BCUT2D eigenvalue weighted by Gasteiger charge is -2.25. The second-order valence-electron chi connectivity index (χ2n) is 5.77.